The summed E-state index contributed by atoms with van der Waals surface area (Å²) in [7, 11) is 0. The minimum absolute atomic E-state index is 0.0499. The van der Waals surface area contributed by atoms with E-state index in [1.54, 1.807) is 0 Å². The number of carbonyl (C=O) groups is 1. The molecule has 0 aromatic heterocycles. The van der Waals surface area contributed by atoms with E-state index in [1.807, 2.05) is 38.1 Å². The van der Waals surface area contributed by atoms with Gasteiger partial charge < -0.3 is 10.1 Å². The van der Waals surface area contributed by atoms with Gasteiger partial charge in [0.05, 0.1) is 17.2 Å². The maximum absolute atomic E-state index is 12.2. The third-order valence-electron chi connectivity index (χ3n) is 3.40. The van der Waals surface area contributed by atoms with Crippen molar-refractivity contribution in [1.29, 1.82) is 0 Å². The second kappa shape index (κ2) is 4.78. The largest absolute Gasteiger partial charge is 0.376 e. The molecule has 0 aliphatic carbocycles. The Kier molecular flexibility index (Phi) is 3.54. The van der Waals surface area contributed by atoms with Crippen LogP contribution in [-0.4, -0.2) is 24.2 Å². The zero-order chi connectivity index (χ0) is 12.5. The first-order chi connectivity index (χ1) is 8.03. The minimum Gasteiger partial charge on any atom is -0.376 e. The van der Waals surface area contributed by atoms with Gasteiger partial charge in [-0.05, 0) is 48.3 Å². The van der Waals surface area contributed by atoms with Crippen molar-refractivity contribution in [3.05, 3.63) is 34.3 Å². The Morgan fingerprint density at radius 1 is 1.53 bits per heavy atom. The van der Waals surface area contributed by atoms with Crippen LogP contribution in [0.25, 0.3) is 0 Å². The van der Waals surface area contributed by atoms with Crippen molar-refractivity contribution >= 4 is 21.8 Å². The third-order valence-corrected chi connectivity index (χ3v) is 4.10. The van der Waals surface area contributed by atoms with Crippen molar-refractivity contribution in [2.24, 2.45) is 0 Å². The molecule has 1 amide bonds. The average molecular weight is 298 g/mol. The van der Waals surface area contributed by atoms with Gasteiger partial charge in [-0.3, -0.25) is 4.79 Å². The van der Waals surface area contributed by atoms with Crippen molar-refractivity contribution in [3.8, 4) is 0 Å². The number of rotatable bonds is 2. The third kappa shape index (κ3) is 2.53. The second-order valence-electron chi connectivity index (χ2n) is 4.61. The summed E-state index contributed by atoms with van der Waals surface area (Å²) in [5.41, 5.74) is 0.389. The summed E-state index contributed by atoms with van der Waals surface area (Å²) in [6.07, 6.45) is 0.901. The normalized spacial score (nSPS) is 28.1. The van der Waals surface area contributed by atoms with Crippen LogP contribution in [0, 0.1) is 0 Å². The quantitative estimate of drug-likeness (QED) is 0.911. The highest BCUT2D eigenvalue weighted by Gasteiger charge is 2.38. The number of amides is 1. The van der Waals surface area contributed by atoms with E-state index >= 15 is 0 Å². The van der Waals surface area contributed by atoms with Gasteiger partial charge in [0, 0.05) is 11.1 Å². The minimum atomic E-state index is -0.271. The summed E-state index contributed by atoms with van der Waals surface area (Å²) in [5, 5.41) is 3.07. The summed E-state index contributed by atoms with van der Waals surface area (Å²) < 4.78 is 6.32. The van der Waals surface area contributed by atoms with Crippen molar-refractivity contribution in [1.82, 2.24) is 5.32 Å². The van der Waals surface area contributed by atoms with Gasteiger partial charge >= 0.3 is 0 Å². The van der Waals surface area contributed by atoms with Gasteiger partial charge in [0.25, 0.3) is 5.91 Å². The molecule has 1 aromatic rings. The number of hydrogen-bond donors (Lipinski definition) is 1. The fraction of sp³-hybridized carbons (Fsp3) is 0.462. The molecule has 1 aliphatic rings. The molecule has 4 heteroatoms. The molecule has 2 atom stereocenters. The van der Waals surface area contributed by atoms with E-state index < -0.39 is 0 Å². The molecule has 17 heavy (non-hydrogen) atoms. The molecule has 3 nitrogen and oxygen atoms in total. The molecule has 1 saturated heterocycles. The zero-order valence-electron chi connectivity index (χ0n) is 10.00. The molecule has 0 spiro atoms. The van der Waals surface area contributed by atoms with Gasteiger partial charge in [-0.2, -0.15) is 0 Å². The van der Waals surface area contributed by atoms with Crippen molar-refractivity contribution in [2.75, 3.05) is 6.61 Å². The smallest absolute Gasteiger partial charge is 0.252 e. The van der Waals surface area contributed by atoms with Gasteiger partial charge in [-0.15, -0.1) is 0 Å². The number of nitrogens with one attached hydrogen (secondary N) is 1. The lowest BCUT2D eigenvalue weighted by atomic mass is 9.94. The Balaban J connectivity index is 2.15. The van der Waals surface area contributed by atoms with Crippen LogP contribution in [0.5, 0.6) is 0 Å². The molecule has 0 bridgehead atoms. The Labute approximate surface area is 110 Å². The van der Waals surface area contributed by atoms with E-state index in [1.165, 1.54) is 0 Å². The van der Waals surface area contributed by atoms with Crippen molar-refractivity contribution in [2.45, 2.75) is 31.9 Å². The van der Waals surface area contributed by atoms with Crippen LogP contribution < -0.4 is 5.32 Å². The Morgan fingerprint density at radius 3 is 2.82 bits per heavy atom. The highest BCUT2D eigenvalue weighted by molar-refractivity contribution is 9.10. The van der Waals surface area contributed by atoms with Crippen LogP contribution in [0.3, 0.4) is 0 Å². The van der Waals surface area contributed by atoms with Gasteiger partial charge in [0.2, 0.25) is 0 Å². The highest BCUT2D eigenvalue weighted by atomic mass is 79.9. The Hall–Kier alpha value is -0.870. The number of ether oxygens (including phenoxy) is 1. The van der Waals surface area contributed by atoms with Crippen LogP contribution in [0.1, 0.15) is 30.6 Å². The maximum Gasteiger partial charge on any atom is 0.252 e. The number of halogens is 1. The van der Waals surface area contributed by atoms with E-state index in [2.05, 4.69) is 21.2 Å². The number of carbonyl (C=O) groups excluding carboxylic acids is 1. The lowest BCUT2D eigenvalue weighted by Gasteiger charge is -2.29. The molecule has 2 unspecified atom stereocenters. The lowest BCUT2D eigenvalue weighted by molar-refractivity contribution is 0.0727. The standard InChI is InChI=1S/C13H16BrNO2/c1-9-13(2,7-8-17-9)15-12(16)10-5-3-4-6-11(10)14/h3-6,9H,7-8H2,1-2H3,(H,15,16). The molecule has 1 fully saturated rings. The van der Waals surface area contributed by atoms with E-state index in [9.17, 15) is 4.79 Å². The van der Waals surface area contributed by atoms with E-state index in [4.69, 9.17) is 4.74 Å². The fourth-order valence-electron chi connectivity index (χ4n) is 1.97. The van der Waals surface area contributed by atoms with Crippen LogP contribution >= 0.6 is 15.9 Å². The first-order valence-electron chi connectivity index (χ1n) is 5.71. The number of hydrogen-bond acceptors (Lipinski definition) is 2. The number of benzene rings is 1. The van der Waals surface area contributed by atoms with E-state index in [0.29, 0.717) is 12.2 Å². The summed E-state index contributed by atoms with van der Waals surface area (Å²) in [6, 6.07) is 7.43. The first-order valence-corrected chi connectivity index (χ1v) is 6.51. The molecule has 2 rings (SSSR count). The molecule has 1 N–H and O–H groups in total. The predicted octanol–water partition coefficient (Wildman–Crippen LogP) is 2.75. The molecule has 0 saturated carbocycles. The molecule has 92 valence electrons. The van der Waals surface area contributed by atoms with Crippen molar-refractivity contribution in [3.63, 3.8) is 0 Å². The molecule has 1 aromatic carbocycles. The summed E-state index contributed by atoms with van der Waals surface area (Å²) in [6.45, 7) is 4.72. The monoisotopic (exact) mass is 297 g/mol. The van der Waals surface area contributed by atoms with Gasteiger partial charge in [0.15, 0.2) is 0 Å². The fourth-order valence-corrected chi connectivity index (χ4v) is 2.44. The van der Waals surface area contributed by atoms with Gasteiger partial charge in [0.1, 0.15) is 0 Å². The summed E-state index contributed by atoms with van der Waals surface area (Å²) >= 11 is 3.39. The summed E-state index contributed by atoms with van der Waals surface area (Å²) in [4.78, 5) is 12.2. The lowest BCUT2D eigenvalue weighted by Crippen LogP contribution is -2.50. The summed E-state index contributed by atoms with van der Waals surface area (Å²) in [5.74, 6) is -0.0580. The average Bonchev–Trinajstić information content (AvgIpc) is 2.59. The van der Waals surface area contributed by atoms with Crippen molar-refractivity contribution < 1.29 is 9.53 Å². The highest BCUT2D eigenvalue weighted by Crippen LogP contribution is 2.26. The van der Waals surface area contributed by atoms with Gasteiger partial charge in [-0.25, -0.2) is 0 Å². The predicted molar refractivity (Wildman–Crippen MR) is 70.0 cm³/mol. The van der Waals surface area contributed by atoms with Crippen LogP contribution in [-0.2, 0) is 4.74 Å². The van der Waals surface area contributed by atoms with Crippen LogP contribution in [0.15, 0.2) is 28.7 Å². The zero-order valence-corrected chi connectivity index (χ0v) is 11.6. The molecule has 1 aliphatic heterocycles. The van der Waals surface area contributed by atoms with E-state index in [0.717, 1.165) is 10.9 Å². The van der Waals surface area contributed by atoms with Crippen LogP contribution in [0.4, 0.5) is 0 Å². The Morgan fingerprint density at radius 2 is 2.24 bits per heavy atom. The van der Waals surface area contributed by atoms with Crippen LogP contribution in [0.2, 0.25) is 0 Å². The maximum atomic E-state index is 12.2. The Bertz CT molecular complexity index is 435. The molecular formula is C13H16BrNO2. The topological polar surface area (TPSA) is 38.3 Å². The molecule has 0 radical (unpaired) electrons. The molecular weight excluding hydrogens is 282 g/mol. The van der Waals surface area contributed by atoms with Gasteiger partial charge in [-0.1, -0.05) is 12.1 Å². The second-order valence-corrected chi connectivity index (χ2v) is 5.47. The van der Waals surface area contributed by atoms with E-state index in [-0.39, 0.29) is 17.6 Å². The first kappa shape index (κ1) is 12.6. The SMILES string of the molecule is CC1OCCC1(C)NC(=O)c1ccccc1Br. The molecule has 1 heterocycles.